The van der Waals surface area contributed by atoms with Crippen molar-refractivity contribution in [1.29, 1.82) is 0 Å². The molecule has 1 fully saturated rings. The third-order valence-electron chi connectivity index (χ3n) is 4.00. The normalized spacial score (nSPS) is 27.4. The highest BCUT2D eigenvalue weighted by molar-refractivity contribution is 7.99. The summed E-state index contributed by atoms with van der Waals surface area (Å²) in [5, 5.41) is 0. The van der Waals surface area contributed by atoms with Crippen LogP contribution in [-0.4, -0.2) is 17.5 Å². The fourth-order valence-corrected chi connectivity index (χ4v) is 3.98. The molecule has 1 unspecified atom stereocenters. The van der Waals surface area contributed by atoms with Crippen LogP contribution in [0.3, 0.4) is 0 Å². The Balaban J connectivity index is 2.25. The van der Waals surface area contributed by atoms with E-state index in [0.29, 0.717) is 6.04 Å². The fraction of sp³-hybridized carbons (Fsp3) is 1.00. The third-order valence-corrected chi connectivity index (χ3v) is 5.50. The summed E-state index contributed by atoms with van der Waals surface area (Å²) in [7, 11) is 0. The second-order valence-corrected chi connectivity index (χ2v) is 6.97. The van der Waals surface area contributed by atoms with Gasteiger partial charge in [0.15, 0.2) is 0 Å². The van der Waals surface area contributed by atoms with Gasteiger partial charge in [-0.3, -0.25) is 11.3 Å². The molecule has 0 amide bonds. The van der Waals surface area contributed by atoms with Crippen molar-refractivity contribution in [1.82, 2.24) is 5.43 Å². The van der Waals surface area contributed by atoms with Gasteiger partial charge in [0.1, 0.15) is 0 Å². The Morgan fingerprint density at radius 2 is 1.82 bits per heavy atom. The van der Waals surface area contributed by atoms with Crippen molar-refractivity contribution >= 4 is 11.8 Å². The van der Waals surface area contributed by atoms with Crippen LogP contribution in [0, 0.1) is 17.8 Å². The summed E-state index contributed by atoms with van der Waals surface area (Å²) >= 11 is 2.05. The summed E-state index contributed by atoms with van der Waals surface area (Å²) < 4.78 is 0. The van der Waals surface area contributed by atoms with E-state index >= 15 is 0 Å². The molecule has 1 aliphatic carbocycles. The molecule has 0 aliphatic heterocycles. The van der Waals surface area contributed by atoms with E-state index in [9.17, 15) is 0 Å². The van der Waals surface area contributed by atoms with Crippen LogP contribution in [0.4, 0.5) is 0 Å². The zero-order chi connectivity index (χ0) is 12.7. The summed E-state index contributed by atoms with van der Waals surface area (Å²) in [6.07, 6.45) is 6.92. The Kier molecular flexibility index (Phi) is 7.56. The predicted molar refractivity (Wildman–Crippen MR) is 79.0 cm³/mol. The fourth-order valence-electron chi connectivity index (χ4n) is 2.75. The van der Waals surface area contributed by atoms with Gasteiger partial charge in [-0.25, -0.2) is 0 Å². The van der Waals surface area contributed by atoms with Crippen LogP contribution in [0.25, 0.3) is 0 Å². The van der Waals surface area contributed by atoms with Gasteiger partial charge in [0.05, 0.1) is 0 Å². The lowest BCUT2D eigenvalue weighted by atomic mass is 9.78. The zero-order valence-corrected chi connectivity index (χ0v) is 12.6. The van der Waals surface area contributed by atoms with Crippen LogP contribution < -0.4 is 11.3 Å². The van der Waals surface area contributed by atoms with Gasteiger partial charge in [-0.15, -0.1) is 0 Å². The maximum Gasteiger partial charge on any atom is 0.0329 e. The van der Waals surface area contributed by atoms with E-state index in [4.69, 9.17) is 5.84 Å². The average Bonchev–Trinajstić information content (AvgIpc) is 2.34. The van der Waals surface area contributed by atoms with E-state index in [2.05, 4.69) is 38.0 Å². The Labute approximate surface area is 111 Å². The molecule has 0 saturated heterocycles. The van der Waals surface area contributed by atoms with Crippen molar-refractivity contribution in [2.45, 2.75) is 58.9 Å². The van der Waals surface area contributed by atoms with Gasteiger partial charge in [0.25, 0.3) is 0 Å². The Morgan fingerprint density at radius 3 is 2.29 bits per heavy atom. The molecule has 3 N–H and O–H groups in total. The number of thioether (sulfide) groups is 1. The molecule has 0 radical (unpaired) electrons. The number of hydrogen-bond donors (Lipinski definition) is 2. The predicted octanol–water partition coefficient (Wildman–Crippen LogP) is 3.42. The molecular weight excluding hydrogens is 228 g/mol. The van der Waals surface area contributed by atoms with E-state index in [1.807, 2.05) is 0 Å². The van der Waals surface area contributed by atoms with Crippen LogP contribution >= 0.6 is 11.8 Å². The van der Waals surface area contributed by atoms with Crippen molar-refractivity contribution < 1.29 is 0 Å². The summed E-state index contributed by atoms with van der Waals surface area (Å²) in [5.41, 5.74) is 3.06. The van der Waals surface area contributed by atoms with Gasteiger partial charge in [-0.1, -0.05) is 40.0 Å². The maximum atomic E-state index is 5.72. The minimum Gasteiger partial charge on any atom is -0.271 e. The molecule has 3 heteroatoms. The number of hydrazine groups is 1. The number of nitrogens with two attached hydrogens (primary N) is 1. The topological polar surface area (TPSA) is 38.0 Å². The highest BCUT2D eigenvalue weighted by Gasteiger charge is 2.26. The first kappa shape index (κ1) is 15.3. The molecular formula is C14H30N2S. The van der Waals surface area contributed by atoms with Crippen LogP contribution in [0.15, 0.2) is 0 Å². The van der Waals surface area contributed by atoms with Crippen LogP contribution in [-0.2, 0) is 0 Å². The lowest BCUT2D eigenvalue weighted by molar-refractivity contribution is 0.228. The van der Waals surface area contributed by atoms with Gasteiger partial charge in [-0.05, 0) is 36.3 Å². The Hall–Kier alpha value is 0.270. The van der Waals surface area contributed by atoms with Crippen molar-refractivity contribution in [2.24, 2.45) is 23.6 Å². The molecule has 0 aromatic heterocycles. The van der Waals surface area contributed by atoms with Gasteiger partial charge in [-0.2, -0.15) is 11.8 Å². The second-order valence-electron chi connectivity index (χ2n) is 5.89. The highest BCUT2D eigenvalue weighted by atomic mass is 32.2. The van der Waals surface area contributed by atoms with E-state index in [1.165, 1.54) is 43.6 Å². The quantitative estimate of drug-likeness (QED) is 0.543. The summed E-state index contributed by atoms with van der Waals surface area (Å²) in [6.45, 7) is 6.89. The van der Waals surface area contributed by atoms with E-state index in [-0.39, 0.29) is 0 Å². The minimum atomic E-state index is 0.525. The van der Waals surface area contributed by atoms with Gasteiger partial charge in [0.2, 0.25) is 0 Å². The Bertz CT molecular complexity index is 189. The largest absolute Gasteiger partial charge is 0.271 e. The molecule has 0 heterocycles. The van der Waals surface area contributed by atoms with E-state index in [1.54, 1.807) is 0 Å². The summed E-state index contributed by atoms with van der Waals surface area (Å²) in [4.78, 5) is 0. The first-order chi connectivity index (χ1) is 8.17. The zero-order valence-electron chi connectivity index (χ0n) is 11.7. The van der Waals surface area contributed by atoms with Gasteiger partial charge >= 0.3 is 0 Å². The van der Waals surface area contributed by atoms with Gasteiger partial charge in [0, 0.05) is 11.8 Å². The molecule has 0 bridgehead atoms. The molecule has 102 valence electrons. The SMILES string of the molecule is CCC1CCC(C(CSCC(C)C)NN)CC1. The molecule has 1 aliphatic rings. The molecule has 1 atom stereocenters. The maximum absolute atomic E-state index is 5.72. The smallest absolute Gasteiger partial charge is 0.0329 e. The monoisotopic (exact) mass is 258 g/mol. The number of nitrogens with one attached hydrogen (secondary N) is 1. The van der Waals surface area contributed by atoms with Crippen molar-refractivity contribution in [3.63, 3.8) is 0 Å². The van der Waals surface area contributed by atoms with Crippen LogP contribution in [0.1, 0.15) is 52.9 Å². The van der Waals surface area contributed by atoms with Crippen LogP contribution in [0.2, 0.25) is 0 Å². The standard InChI is InChI=1S/C14H30N2S/c1-4-12-5-7-13(8-6-12)14(16-15)10-17-9-11(2)3/h11-14,16H,4-10,15H2,1-3H3. The Morgan fingerprint density at radius 1 is 1.18 bits per heavy atom. The van der Waals surface area contributed by atoms with Crippen molar-refractivity contribution in [2.75, 3.05) is 11.5 Å². The first-order valence-electron chi connectivity index (χ1n) is 7.21. The lowest BCUT2D eigenvalue weighted by Gasteiger charge is -2.33. The summed E-state index contributed by atoms with van der Waals surface area (Å²) in [6, 6.07) is 0.525. The number of rotatable bonds is 7. The minimum absolute atomic E-state index is 0.525. The molecule has 1 rings (SSSR count). The summed E-state index contributed by atoms with van der Waals surface area (Å²) in [5.74, 6) is 10.7. The van der Waals surface area contributed by atoms with Gasteiger partial charge < -0.3 is 0 Å². The highest BCUT2D eigenvalue weighted by Crippen LogP contribution is 2.33. The lowest BCUT2D eigenvalue weighted by Crippen LogP contribution is -2.44. The third kappa shape index (κ3) is 5.62. The molecule has 2 nitrogen and oxygen atoms in total. The van der Waals surface area contributed by atoms with E-state index < -0.39 is 0 Å². The molecule has 0 aromatic rings. The molecule has 0 spiro atoms. The molecule has 0 aromatic carbocycles. The average molecular weight is 258 g/mol. The van der Waals surface area contributed by atoms with E-state index in [0.717, 1.165) is 17.8 Å². The second kappa shape index (κ2) is 8.39. The number of hydrogen-bond acceptors (Lipinski definition) is 3. The van der Waals surface area contributed by atoms with Crippen molar-refractivity contribution in [3.8, 4) is 0 Å². The molecule has 17 heavy (non-hydrogen) atoms. The molecule has 1 saturated carbocycles. The first-order valence-corrected chi connectivity index (χ1v) is 8.36. The van der Waals surface area contributed by atoms with Crippen LogP contribution in [0.5, 0.6) is 0 Å². The van der Waals surface area contributed by atoms with Crippen molar-refractivity contribution in [3.05, 3.63) is 0 Å².